The van der Waals surface area contributed by atoms with Gasteiger partial charge in [-0.1, -0.05) is 6.07 Å². The number of aryl methyl sites for hydroxylation is 1. The van der Waals surface area contributed by atoms with Gasteiger partial charge in [-0.2, -0.15) is 0 Å². The minimum atomic E-state index is 0.302. The van der Waals surface area contributed by atoms with E-state index in [0.717, 1.165) is 49.1 Å². The summed E-state index contributed by atoms with van der Waals surface area (Å²) in [6.45, 7) is 5.12. The smallest absolute Gasteiger partial charge is 0.128 e. The lowest BCUT2D eigenvalue weighted by atomic mass is 10.1. The van der Waals surface area contributed by atoms with Gasteiger partial charge in [0.25, 0.3) is 0 Å². The zero-order chi connectivity index (χ0) is 16.4. The molecule has 1 aliphatic carbocycles. The minimum Gasteiger partial charge on any atom is -0.375 e. The highest BCUT2D eigenvalue weighted by Gasteiger charge is 2.41. The van der Waals surface area contributed by atoms with Crippen LogP contribution in [0.5, 0.6) is 0 Å². The molecule has 2 fully saturated rings. The minimum absolute atomic E-state index is 0.302. The molecule has 2 aromatic rings. The van der Waals surface area contributed by atoms with Crippen LogP contribution in [0.15, 0.2) is 29.8 Å². The third kappa shape index (κ3) is 3.45. The van der Waals surface area contributed by atoms with Crippen LogP contribution in [0.2, 0.25) is 0 Å². The van der Waals surface area contributed by atoms with Crippen LogP contribution >= 0.6 is 11.3 Å². The lowest BCUT2D eigenvalue weighted by molar-refractivity contribution is 0.0202. The number of hydrogen-bond donors (Lipinski definition) is 0. The third-order valence-electron chi connectivity index (χ3n) is 4.85. The molecule has 1 aliphatic heterocycles. The Bertz CT molecular complexity index is 663. The Balaban J connectivity index is 1.34. The van der Waals surface area contributed by atoms with E-state index in [1.165, 1.54) is 0 Å². The van der Waals surface area contributed by atoms with Crippen molar-refractivity contribution < 1.29 is 9.47 Å². The van der Waals surface area contributed by atoms with E-state index in [1.54, 1.807) is 11.3 Å². The molecule has 0 spiro atoms. The maximum Gasteiger partial charge on any atom is 0.128 e. The van der Waals surface area contributed by atoms with Crippen LogP contribution in [-0.4, -0.2) is 41.9 Å². The van der Waals surface area contributed by atoms with Gasteiger partial charge in [0, 0.05) is 18.1 Å². The van der Waals surface area contributed by atoms with Crippen LogP contribution in [-0.2, 0) is 16.1 Å². The number of morpholine rings is 1. The first kappa shape index (κ1) is 16.0. The largest absolute Gasteiger partial charge is 0.375 e. The van der Waals surface area contributed by atoms with Crippen molar-refractivity contribution in [3.05, 3.63) is 40.5 Å². The van der Waals surface area contributed by atoms with Crippen molar-refractivity contribution >= 4 is 17.2 Å². The topological polar surface area (TPSA) is 47.5 Å². The molecular weight excluding hydrogens is 322 g/mol. The summed E-state index contributed by atoms with van der Waals surface area (Å²) in [5.41, 5.74) is 1.04. The standard InChI is InChI=1S/C18H23N3O2S/c1-13-20-15(12-24-13)11-22-10-14-8-16-17(9-14)23-7-6-21(16)18-4-2-3-5-19-18/h2-5,12,14,16-17H,6-11H2,1H3/t14?,16-,17-/m1/s1. The number of fused-ring (bicyclic) bond motifs is 1. The molecular formula is C18H23N3O2S. The average molecular weight is 345 g/mol. The fourth-order valence-electron chi connectivity index (χ4n) is 3.80. The predicted octanol–water partition coefficient (Wildman–Crippen LogP) is 3.05. The van der Waals surface area contributed by atoms with E-state index < -0.39 is 0 Å². The molecule has 24 heavy (non-hydrogen) atoms. The number of thiazole rings is 1. The van der Waals surface area contributed by atoms with Gasteiger partial charge >= 0.3 is 0 Å². The molecule has 5 nitrogen and oxygen atoms in total. The number of pyridine rings is 1. The van der Waals surface area contributed by atoms with Gasteiger partial charge < -0.3 is 14.4 Å². The number of anilines is 1. The van der Waals surface area contributed by atoms with Crippen LogP contribution in [0.3, 0.4) is 0 Å². The summed E-state index contributed by atoms with van der Waals surface area (Å²) in [7, 11) is 0. The molecule has 0 radical (unpaired) electrons. The van der Waals surface area contributed by atoms with Gasteiger partial charge in [0.05, 0.1) is 42.7 Å². The molecule has 3 atom stereocenters. The van der Waals surface area contributed by atoms with E-state index in [4.69, 9.17) is 9.47 Å². The molecule has 4 rings (SSSR count). The molecule has 0 bridgehead atoms. The maximum absolute atomic E-state index is 6.02. The second-order valence-electron chi connectivity index (χ2n) is 6.57. The molecule has 2 aromatic heterocycles. The molecule has 128 valence electrons. The Kier molecular flexibility index (Phi) is 4.78. The van der Waals surface area contributed by atoms with Gasteiger partial charge in [-0.15, -0.1) is 11.3 Å². The van der Waals surface area contributed by atoms with Crippen molar-refractivity contribution in [1.29, 1.82) is 0 Å². The molecule has 3 heterocycles. The van der Waals surface area contributed by atoms with Crippen molar-refractivity contribution in [2.75, 3.05) is 24.7 Å². The van der Waals surface area contributed by atoms with Crippen molar-refractivity contribution in [3.8, 4) is 0 Å². The van der Waals surface area contributed by atoms with Crippen molar-refractivity contribution in [1.82, 2.24) is 9.97 Å². The second-order valence-corrected chi connectivity index (χ2v) is 7.63. The molecule has 6 heteroatoms. The molecule has 1 saturated heterocycles. The van der Waals surface area contributed by atoms with Crippen molar-refractivity contribution in [2.45, 2.75) is 38.5 Å². The fraction of sp³-hybridized carbons (Fsp3) is 0.556. The highest BCUT2D eigenvalue weighted by molar-refractivity contribution is 7.09. The lowest BCUT2D eigenvalue weighted by Crippen LogP contribution is -2.49. The molecule has 2 aliphatic rings. The highest BCUT2D eigenvalue weighted by atomic mass is 32.1. The van der Waals surface area contributed by atoms with Gasteiger partial charge in [0.2, 0.25) is 0 Å². The van der Waals surface area contributed by atoms with Gasteiger partial charge in [0.15, 0.2) is 0 Å². The Morgan fingerprint density at radius 2 is 2.33 bits per heavy atom. The summed E-state index contributed by atoms with van der Waals surface area (Å²) in [6.07, 6.45) is 4.35. The van der Waals surface area contributed by atoms with Crippen LogP contribution in [0.4, 0.5) is 5.82 Å². The number of ether oxygens (including phenoxy) is 2. The highest BCUT2D eigenvalue weighted by Crippen LogP contribution is 2.36. The number of rotatable bonds is 5. The summed E-state index contributed by atoms with van der Waals surface area (Å²) >= 11 is 1.68. The Morgan fingerprint density at radius 3 is 3.12 bits per heavy atom. The normalized spacial score (nSPS) is 26.5. The van der Waals surface area contributed by atoms with Crippen LogP contribution in [0.25, 0.3) is 0 Å². The van der Waals surface area contributed by atoms with E-state index in [0.29, 0.717) is 24.7 Å². The summed E-state index contributed by atoms with van der Waals surface area (Å²) in [5, 5.41) is 3.18. The Hall–Kier alpha value is -1.50. The Labute approximate surface area is 146 Å². The first-order chi connectivity index (χ1) is 11.8. The summed E-state index contributed by atoms with van der Waals surface area (Å²) < 4.78 is 11.9. The SMILES string of the molecule is Cc1nc(COCC2C[C@@H]3[C@@H](C2)OCCN3c2ccccn2)cs1. The molecule has 1 unspecified atom stereocenters. The molecule has 0 aromatic carbocycles. The number of aromatic nitrogens is 2. The summed E-state index contributed by atoms with van der Waals surface area (Å²) in [6, 6.07) is 6.53. The van der Waals surface area contributed by atoms with E-state index in [1.807, 2.05) is 19.2 Å². The molecule has 0 N–H and O–H groups in total. The van der Waals surface area contributed by atoms with Crippen molar-refractivity contribution in [2.24, 2.45) is 5.92 Å². The number of hydrogen-bond acceptors (Lipinski definition) is 6. The first-order valence-corrected chi connectivity index (χ1v) is 9.45. The van der Waals surface area contributed by atoms with E-state index in [2.05, 4.69) is 32.4 Å². The zero-order valence-electron chi connectivity index (χ0n) is 13.9. The van der Waals surface area contributed by atoms with E-state index in [9.17, 15) is 0 Å². The molecule has 1 saturated carbocycles. The molecule has 0 amide bonds. The predicted molar refractivity (Wildman–Crippen MR) is 94.3 cm³/mol. The lowest BCUT2D eigenvalue weighted by Gasteiger charge is -2.38. The van der Waals surface area contributed by atoms with E-state index >= 15 is 0 Å². The van der Waals surface area contributed by atoms with Crippen LogP contribution in [0, 0.1) is 12.8 Å². The zero-order valence-corrected chi connectivity index (χ0v) is 14.7. The summed E-state index contributed by atoms with van der Waals surface area (Å²) in [4.78, 5) is 11.4. The maximum atomic E-state index is 6.02. The first-order valence-electron chi connectivity index (χ1n) is 8.57. The van der Waals surface area contributed by atoms with E-state index in [-0.39, 0.29) is 0 Å². The van der Waals surface area contributed by atoms with Crippen LogP contribution in [0.1, 0.15) is 23.5 Å². The van der Waals surface area contributed by atoms with Gasteiger partial charge in [-0.25, -0.2) is 9.97 Å². The monoisotopic (exact) mass is 345 g/mol. The second kappa shape index (κ2) is 7.17. The Morgan fingerprint density at radius 1 is 1.38 bits per heavy atom. The van der Waals surface area contributed by atoms with Crippen LogP contribution < -0.4 is 4.90 Å². The fourth-order valence-corrected chi connectivity index (χ4v) is 4.40. The summed E-state index contributed by atoms with van der Waals surface area (Å²) in [5.74, 6) is 1.61. The average Bonchev–Trinajstić information content (AvgIpc) is 3.21. The number of nitrogens with zero attached hydrogens (tertiary/aromatic N) is 3. The van der Waals surface area contributed by atoms with Gasteiger partial charge in [-0.05, 0) is 37.8 Å². The quantitative estimate of drug-likeness (QED) is 0.833. The van der Waals surface area contributed by atoms with Gasteiger partial charge in [0.1, 0.15) is 5.82 Å². The van der Waals surface area contributed by atoms with Crippen molar-refractivity contribution in [3.63, 3.8) is 0 Å². The van der Waals surface area contributed by atoms with Gasteiger partial charge in [-0.3, -0.25) is 0 Å². The third-order valence-corrected chi connectivity index (χ3v) is 5.67.